The Labute approximate surface area is 168 Å². The Morgan fingerprint density at radius 3 is 2.61 bits per heavy atom. The van der Waals surface area contributed by atoms with Gasteiger partial charge in [-0.3, -0.25) is 0 Å². The number of halogens is 1. The van der Waals surface area contributed by atoms with Gasteiger partial charge >= 0.3 is 0 Å². The number of hydrogen-bond donors (Lipinski definition) is 0. The molecule has 0 aliphatic carbocycles. The Morgan fingerprint density at radius 1 is 1.18 bits per heavy atom. The summed E-state index contributed by atoms with van der Waals surface area (Å²) in [5.74, 6) is 1.38. The third kappa shape index (κ3) is 4.45. The minimum absolute atomic E-state index is 0.0519. The summed E-state index contributed by atoms with van der Waals surface area (Å²) in [5.41, 5.74) is 0.895. The van der Waals surface area contributed by atoms with Gasteiger partial charge < -0.3 is 9.15 Å². The zero-order valence-electron chi connectivity index (χ0n) is 14.9. The highest BCUT2D eigenvalue weighted by Gasteiger charge is 2.21. The number of allylic oxidation sites excluding steroid dienone is 1. The molecule has 0 spiro atoms. The van der Waals surface area contributed by atoms with E-state index in [0.717, 1.165) is 5.56 Å². The molecule has 0 atom stereocenters. The van der Waals surface area contributed by atoms with Crippen molar-refractivity contribution in [3.05, 3.63) is 87.7 Å². The first-order valence-corrected chi connectivity index (χ1v) is 10.2. The highest BCUT2D eigenvalue weighted by atomic mass is 35.5. The van der Waals surface area contributed by atoms with E-state index in [4.69, 9.17) is 20.8 Å². The van der Waals surface area contributed by atoms with Crippen LogP contribution in [-0.2, 0) is 16.4 Å². The SMILES string of the molecule is Cc1cc(OCc2ccc(C=C(C#N)S(=O)(=O)c3ccccc3)o2)ccc1Cl. The molecule has 0 bridgehead atoms. The third-order valence-electron chi connectivity index (χ3n) is 3.92. The lowest BCUT2D eigenvalue weighted by Crippen LogP contribution is -2.03. The van der Waals surface area contributed by atoms with Crippen molar-refractivity contribution >= 4 is 27.5 Å². The van der Waals surface area contributed by atoms with Crippen LogP contribution in [0.2, 0.25) is 5.02 Å². The molecule has 0 saturated carbocycles. The van der Waals surface area contributed by atoms with Crippen molar-refractivity contribution in [1.82, 2.24) is 0 Å². The normalized spacial score (nSPS) is 11.8. The van der Waals surface area contributed by atoms with E-state index in [9.17, 15) is 13.7 Å². The molecule has 3 aromatic rings. The summed E-state index contributed by atoms with van der Waals surface area (Å²) < 4.78 is 36.4. The molecule has 1 aromatic heterocycles. The maximum atomic E-state index is 12.6. The van der Waals surface area contributed by atoms with Crippen molar-refractivity contribution < 1.29 is 17.6 Å². The molecular formula is C21H16ClNO4S. The molecule has 1 heterocycles. The molecule has 5 nitrogen and oxygen atoms in total. The number of ether oxygens (including phenoxy) is 1. The summed E-state index contributed by atoms with van der Waals surface area (Å²) in [7, 11) is -3.91. The maximum Gasteiger partial charge on any atom is 0.216 e. The highest BCUT2D eigenvalue weighted by molar-refractivity contribution is 7.95. The van der Waals surface area contributed by atoms with E-state index in [1.807, 2.05) is 13.0 Å². The monoisotopic (exact) mass is 413 g/mol. The second kappa shape index (κ2) is 8.34. The van der Waals surface area contributed by atoms with Gasteiger partial charge in [0.25, 0.3) is 0 Å². The van der Waals surface area contributed by atoms with Gasteiger partial charge in [0.1, 0.15) is 29.9 Å². The van der Waals surface area contributed by atoms with Crippen molar-refractivity contribution in [1.29, 1.82) is 5.26 Å². The fourth-order valence-electron chi connectivity index (χ4n) is 2.44. The van der Waals surface area contributed by atoms with Gasteiger partial charge in [0.2, 0.25) is 9.84 Å². The lowest BCUT2D eigenvalue weighted by molar-refractivity contribution is 0.269. The van der Waals surface area contributed by atoms with Crippen molar-refractivity contribution in [3.8, 4) is 11.8 Å². The van der Waals surface area contributed by atoms with Gasteiger partial charge in [-0.1, -0.05) is 29.8 Å². The van der Waals surface area contributed by atoms with Crippen LogP contribution in [-0.4, -0.2) is 8.42 Å². The molecule has 3 rings (SSSR count). The van der Waals surface area contributed by atoms with Gasteiger partial charge in [-0.05, 0) is 55.0 Å². The molecular weight excluding hydrogens is 398 g/mol. The number of benzene rings is 2. The van der Waals surface area contributed by atoms with Crippen LogP contribution in [0, 0.1) is 18.3 Å². The molecule has 0 amide bonds. The Bertz CT molecular complexity index is 1160. The number of rotatable bonds is 6. The van der Waals surface area contributed by atoms with Crippen molar-refractivity contribution in [2.75, 3.05) is 0 Å². The Balaban J connectivity index is 1.77. The molecule has 0 saturated heterocycles. The first-order chi connectivity index (χ1) is 13.4. The Morgan fingerprint density at radius 2 is 1.93 bits per heavy atom. The van der Waals surface area contributed by atoms with Crippen molar-refractivity contribution in [2.45, 2.75) is 18.4 Å². The molecule has 0 fully saturated rings. The van der Waals surface area contributed by atoms with Crippen molar-refractivity contribution in [3.63, 3.8) is 0 Å². The first-order valence-electron chi connectivity index (χ1n) is 8.30. The lowest BCUT2D eigenvalue weighted by atomic mass is 10.2. The second-order valence-electron chi connectivity index (χ2n) is 5.94. The smallest absolute Gasteiger partial charge is 0.216 e. The highest BCUT2D eigenvalue weighted by Crippen LogP contribution is 2.24. The quantitative estimate of drug-likeness (QED) is 0.521. The predicted octanol–water partition coefficient (Wildman–Crippen LogP) is 5.16. The largest absolute Gasteiger partial charge is 0.486 e. The molecule has 142 valence electrons. The number of aryl methyl sites for hydroxylation is 1. The standard InChI is InChI=1S/C21H16ClNO4S/c1-15-11-16(9-10-21(15)22)26-14-18-8-7-17(27-18)12-20(13-23)28(24,25)19-5-3-2-4-6-19/h2-12H,14H2,1H3. The van der Waals surface area contributed by atoms with E-state index in [2.05, 4.69) is 0 Å². The number of hydrogen-bond acceptors (Lipinski definition) is 5. The average Bonchev–Trinajstić information content (AvgIpc) is 3.15. The Kier molecular flexibility index (Phi) is 5.88. The summed E-state index contributed by atoms with van der Waals surface area (Å²) in [6.45, 7) is 2.03. The van der Waals surface area contributed by atoms with E-state index in [0.29, 0.717) is 16.5 Å². The van der Waals surface area contributed by atoms with Gasteiger partial charge in [-0.2, -0.15) is 5.26 Å². The van der Waals surface area contributed by atoms with Crippen LogP contribution in [0.15, 0.2) is 74.9 Å². The van der Waals surface area contributed by atoms with Crippen LogP contribution in [0.5, 0.6) is 5.75 Å². The molecule has 0 N–H and O–H groups in total. The van der Waals surface area contributed by atoms with Gasteiger partial charge in [0.05, 0.1) is 4.90 Å². The summed E-state index contributed by atoms with van der Waals surface area (Å²) in [4.78, 5) is -0.343. The fourth-order valence-corrected chi connectivity index (χ4v) is 3.72. The topological polar surface area (TPSA) is 80.3 Å². The van der Waals surface area contributed by atoms with Gasteiger partial charge in [0, 0.05) is 11.1 Å². The number of furan rings is 1. The Hall–Kier alpha value is -3.01. The molecule has 0 aliphatic heterocycles. The van der Waals surface area contributed by atoms with Crippen LogP contribution in [0.3, 0.4) is 0 Å². The summed E-state index contributed by atoms with van der Waals surface area (Å²) in [6, 6.07) is 18.1. The summed E-state index contributed by atoms with van der Waals surface area (Å²) in [6.07, 6.45) is 1.21. The van der Waals surface area contributed by atoms with Crippen LogP contribution < -0.4 is 4.74 Å². The molecule has 28 heavy (non-hydrogen) atoms. The minimum atomic E-state index is -3.91. The number of nitriles is 1. The molecule has 0 radical (unpaired) electrons. The van der Waals surface area contributed by atoms with Crippen LogP contribution in [0.25, 0.3) is 6.08 Å². The van der Waals surface area contributed by atoms with Crippen LogP contribution in [0.1, 0.15) is 17.1 Å². The summed E-state index contributed by atoms with van der Waals surface area (Å²) in [5, 5.41) is 9.97. The van der Waals surface area contributed by atoms with E-state index in [-0.39, 0.29) is 17.3 Å². The predicted molar refractivity (Wildman–Crippen MR) is 106 cm³/mol. The summed E-state index contributed by atoms with van der Waals surface area (Å²) >= 11 is 5.99. The second-order valence-corrected chi connectivity index (χ2v) is 8.27. The molecule has 0 unspecified atom stereocenters. The van der Waals surface area contributed by atoms with E-state index in [1.165, 1.54) is 18.2 Å². The van der Waals surface area contributed by atoms with Gasteiger partial charge in [0.15, 0.2) is 4.91 Å². The van der Waals surface area contributed by atoms with Crippen molar-refractivity contribution in [2.24, 2.45) is 0 Å². The lowest BCUT2D eigenvalue weighted by Gasteiger charge is -2.06. The molecule has 2 aromatic carbocycles. The van der Waals surface area contributed by atoms with E-state index >= 15 is 0 Å². The van der Waals surface area contributed by atoms with Gasteiger partial charge in [-0.25, -0.2) is 8.42 Å². The zero-order chi connectivity index (χ0) is 20.1. The third-order valence-corrected chi connectivity index (χ3v) is 6.02. The van der Waals surface area contributed by atoms with Crippen LogP contribution >= 0.6 is 11.6 Å². The number of nitrogens with zero attached hydrogens (tertiary/aromatic N) is 1. The van der Waals surface area contributed by atoms with E-state index in [1.54, 1.807) is 48.5 Å². The maximum absolute atomic E-state index is 12.6. The average molecular weight is 414 g/mol. The minimum Gasteiger partial charge on any atom is -0.486 e. The van der Waals surface area contributed by atoms with E-state index < -0.39 is 14.7 Å². The molecule has 7 heteroatoms. The zero-order valence-corrected chi connectivity index (χ0v) is 16.5. The van der Waals surface area contributed by atoms with Crippen LogP contribution in [0.4, 0.5) is 0 Å². The first kappa shape index (κ1) is 19.7. The van der Waals surface area contributed by atoms with Gasteiger partial charge in [-0.15, -0.1) is 0 Å². The fraction of sp³-hybridized carbons (Fsp3) is 0.0952. The molecule has 0 aliphatic rings. The number of sulfone groups is 1.